The van der Waals surface area contributed by atoms with Crippen LogP contribution in [-0.4, -0.2) is 35.3 Å². The van der Waals surface area contributed by atoms with Crippen LogP contribution in [0.25, 0.3) is 6.08 Å². The Morgan fingerprint density at radius 3 is 2.59 bits per heavy atom. The number of carbonyl (C=O) groups is 2. The number of halogens is 2. The van der Waals surface area contributed by atoms with E-state index < -0.39 is 29.4 Å². The Balaban J connectivity index is 1.55. The van der Waals surface area contributed by atoms with Gasteiger partial charge in [-0.3, -0.25) is 9.36 Å². The Morgan fingerprint density at radius 1 is 1.16 bits per heavy atom. The third-order valence-electron chi connectivity index (χ3n) is 6.81. The van der Waals surface area contributed by atoms with Gasteiger partial charge in [0.15, 0.2) is 16.3 Å². The fraction of sp³-hybridized carbons (Fsp3) is 0.188. The monoisotopic (exact) mass is 636 g/mol. The smallest absolute Gasteiger partial charge is 0.338 e. The van der Waals surface area contributed by atoms with Crippen LogP contribution in [0.1, 0.15) is 46.9 Å². The molecule has 0 unspecified atom stereocenters. The van der Waals surface area contributed by atoms with E-state index in [0.717, 1.165) is 11.3 Å². The Bertz CT molecular complexity index is 1980. The molecule has 1 aliphatic rings. The van der Waals surface area contributed by atoms with E-state index in [1.807, 2.05) is 0 Å². The van der Waals surface area contributed by atoms with E-state index in [2.05, 4.69) is 4.99 Å². The predicted molar refractivity (Wildman–Crippen MR) is 163 cm³/mol. The summed E-state index contributed by atoms with van der Waals surface area (Å²) in [4.78, 5) is 43.1. The number of hydrogen-bond acceptors (Lipinski definition) is 8. The lowest BCUT2D eigenvalue weighted by Gasteiger charge is -2.24. The zero-order valence-electron chi connectivity index (χ0n) is 23.8. The van der Waals surface area contributed by atoms with Gasteiger partial charge in [-0.2, -0.15) is 0 Å². The van der Waals surface area contributed by atoms with Crippen molar-refractivity contribution in [3.8, 4) is 11.5 Å². The molecule has 1 N–H and O–H groups in total. The fourth-order valence-electron chi connectivity index (χ4n) is 4.82. The summed E-state index contributed by atoms with van der Waals surface area (Å²) in [6.07, 6.45) is 1.63. The maximum Gasteiger partial charge on any atom is 0.338 e. The number of allylic oxidation sites excluding steroid dienone is 1. The number of methoxy groups -OCH3 is 1. The van der Waals surface area contributed by atoms with E-state index in [0.29, 0.717) is 37.5 Å². The molecule has 3 aromatic carbocycles. The number of carboxylic acids is 1. The number of thiazole rings is 1. The molecule has 0 fully saturated rings. The minimum absolute atomic E-state index is 0.0423. The minimum Gasteiger partial charge on any atom is -0.493 e. The summed E-state index contributed by atoms with van der Waals surface area (Å²) >= 11 is 7.71. The second-order valence-electron chi connectivity index (χ2n) is 9.68. The lowest BCUT2D eigenvalue weighted by molar-refractivity contribution is -0.139. The lowest BCUT2D eigenvalue weighted by Crippen LogP contribution is -2.39. The molecule has 0 bridgehead atoms. The van der Waals surface area contributed by atoms with Gasteiger partial charge in [-0.1, -0.05) is 47.2 Å². The highest BCUT2D eigenvalue weighted by atomic mass is 35.5. The van der Waals surface area contributed by atoms with Crippen LogP contribution in [0.3, 0.4) is 0 Å². The number of aromatic nitrogens is 1. The molecule has 0 radical (unpaired) electrons. The molecule has 1 aromatic heterocycles. The molecule has 0 amide bonds. The molecule has 0 saturated carbocycles. The number of benzene rings is 3. The number of aromatic carboxylic acids is 1. The van der Waals surface area contributed by atoms with Crippen LogP contribution in [0.2, 0.25) is 5.02 Å². The Kier molecular flexibility index (Phi) is 8.98. The van der Waals surface area contributed by atoms with Crippen LogP contribution in [-0.2, 0) is 16.1 Å². The topological polar surface area (TPSA) is 116 Å². The van der Waals surface area contributed by atoms with Crippen LogP contribution < -0.4 is 24.4 Å². The molecule has 9 nitrogen and oxygen atoms in total. The number of hydrogen-bond donors (Lipinski definition) is 1. The van der Waals surface area contributed by atoms with Crippen molar-refractivity contribution in [3.05, 3.63) is 125 Å². The maximum absolute atomic E-state index is 13.8. The van der Waals surface area contributed by atoms with Gasteiger partial charge in [0.2, 0.25) is 0 Å². The molecule has 0 aliphatic carbocycles. The second kappa shape index (κ2) is 12.9. The standard InChI is InChI=1S/C32H26ClFN2O7S/c1-4-42-31(40)26-17(2)35-32-36(27(26)20-8-10-22(34)11-9-20)29(37)25(44-32)15-19-13-23(33)28(24(14-19)41-3)43-16-18-6-5-7-21(12-18)30(38)39/h5-15,27H,4,16H2,1-3H3,(H,38,39)/t27-/m1/s1. The molecule has 44 heavy (non-hydrogen) atoms. The SMILES string of the molecule is CCOC(=O)C1=C(C)N=c2sc(=Cc3cc(Cl)c(OCc4cccc(C(=O)O)c4)c(OC)c3)c(=O)n2[C@@H]1c1ccc(F)cc1. The van der Waals surface area contributed by atoms with E-state index in [4.69, 9.17) is 25.8 Å². The van der Waals surface area contributed by atoms with E-state index in [-0.39, 0.29) is 35.1 Å². The van der Waals surface area contributed by atoms with Crippen molar-refractivity contribution in [1.82, 2.24) is 4.57 Å². The number of rotatable bonds is 9. The van der Waals surface area contributed by atoms with Crippen LogP contribution in [0, 0.1) is 5.82 Å². The zero-order valence-corrected chi connectivity index (χ0v) is 25.4. The van der Waals surface area contributed by atoms with Crippen LogP contribution in [0.4, 0.5) is 4.39 Å². The van der Waals surface area contributed by atoms with Crippen molar-refractivity contribution in [2.24, 2.45) is 4.99 Å². The number of nitrogens with zero attached hydrogens (tertiary/aromatic N) is 2. The third-order valence-corrected chi connectivity index (χ3v) is 8.07. The van der Waals surface area contributed by atoms with Crippen LogP contribution in [0.15, 0.2) is 81.7 Å². The Hall–Kier alpha value is -4.74. The van der Waals surface area contributed by atoms with Crippen molar-refractivity contribution in [2.75, 3.05) is 13.7 Å². The minimum atomic E-state index is -1.05. The van der Waals surface area contributed by atoms with Crippen molar-refractivity contribution in [3.63, 3.8) is 0 Å². The normalized spacial score (nSPS) is 14.6. The Labute approximate surface area is 259 Å². The number of fused-ring (bicyclic) bond motifs is 1. The summed E-state index contributed by atoms with van der Waals surface area (Å²) in [5.74, 6) is -1.56. The van der Waals surface area contributed by atoms with Crippen LogP contribution >= 0.6 is 22.9 Å². The molecule has 12 heteroatoms. The van der Waals surface area contributed by atoms with Crippen molar-refractivity contribution in [1.29, 1.82) is 0 Å². The average Bonchev–Trinajstić information content (AvgIpc) is 3.30. The highest BCUT2D eigenvalue weighted by molar-refractivity contribution is 7.07. The Morgan fingerprint density at radius 2 is 1.91 bits per heavy atom. The van der Waals surface area contributed by atoms with Gasteiger partial charge in [-0.15, -0.1) is 0 Å². The van der Waals surface area contributed by atoms with E-state index in [1.54, 1.807) is 44.2 Å². The van der Waals surface area contributed by atoms with E-state index in [9.17, 15) is 23.9 Å². The molecule has 1 aliphatic heterocycles. The zero-order chi connectivity index (χ0) is 31.5. The molecule has 226 valence electrons. The molecule has 0 saturated heterocycles. The molecule has 4 aromatic rings. The number of esters is 1. The lowest BCUT2D eigenvalue weighted by atomic mass is 9.96. The first-order valence-electron chi connectivity index (χ1n) is 13.4. The van der Waals surface area contributed by atoms with E-state index in [1.165, 1.54) is 48.1 Å². The molecular formula is C32H26ClFN2O7S. The van der Waals surface area contributed by atoms with Gasteiger partial charge < -0.3 is 19.3 Å². The van der Waals surface area contributed by atoms with Gasteiger partial charge in [0.25, 0.3) is 5.56 Å². The second-order valence-corrected chi connectivity index (χ2v) is 11.1. The van der Waals surface area contributed by atoms with Crippen molar-refractivity contribution < 1.29 is 33.3 Å². The van der Waals surface area contributed by atoms with E-state index >= 15 is 0 Å². The van der Waals surface area contributed by atoms with Gasteiger partial charge in [0, 0.05) is 0 Å². The summed E-state index contributed by atoms with van der Waals surface area (Å²) < 4.78 is 32.2. The first kappa shape index (κ1) is 30.7. The van der Waals surface area contributed by atoms with Crippen molar-refractivity contribution >= 4 is 41.0 Å². The van der Waals surface area contributed by atoms with Gasteiger partial charge in [-0.25, -0.2) is 19.0 Å². The quantitative estimate of drug-likeness (QED) is 0.261. The number of carbonyl (C=O) groups excluding carboxylic acids is 1. The van der Waals surface area contributed by atoms with Gasteiger partial charge in [0.05, 0.1) is 46.1 Å². The predicted octanol–water partition coefficient (Wildman–Crippen LogP) is 4.88. The summed E-state index contributed by atoms with van der Waals surface area (Å²) in [7, 11) is 1.45. The third kappa shape index (κ3) is 6.15. The maximum atomic E-state index is 13.8. The van der Waals surface area contributed by atoms with Crippen molar-refractivity contribution in [2.45, 2.75) is 26.5 Å². The van der Waals surface area contributed by atoms with Gasteiger partial charge in [-0.05, 0) is 73.0 Å². The van der Waals surface area contributed by atoms with Gasteiger partial charge >= 0.3 is 11.9 Å². The number of ether oxygens (including phenoxy) is 3. The number of carboxylic acid groups (broad SMARTS) is 1. The summed E-state index contributed by atoms with van der Waals surface area (Å²) in [6, 6.07) is 14.3. The summed E-state index contributed by atoms with van der Waals surface area (Å²) in [5.41, 5.74) is 2.00. The molecule has 0 spiro atoms. The summed E-state index contributed by atoms with van der Waals surface area (Å²) in [5, 5.41) is 9.46. The molecule has 1 atom stereocenters. The highest BCUT2D eigenvalue weighted by Gasteiger charge is 2.33. The fourth-order valence-corrected chi connectivity index (χ4v) is 6.14. The molecule has 2 heterocycles. The van der Waals surface area contributed by atoms with Crippen LogP contribution in [0.5, 0.6) is 11.5 Å². The molecular weight excluding hydrogens is 611 g/mol. The molecule has 5 rings (SSSR count). The highest BCUT2D eigenvalue weighted by Crippen LogP contribution is 2.37. The average molecular weight is 637 g/mol. The first-order valence-corrected chi connectivity index (χ1v) is 14.6. The summed E-state index contributed by atoms with van der Waals surface area (Å²) in [6.45, 7) is 3.53. The van der Waals surface area contributed by atoms with Gasteiger partial charge in [0.1, 0.15) is 12.4 Å². The largest absolute Gasteiger partial charge is 0.493 e. The first-order chi connectivity index (χ1) is 21.1.